The SMILES string of the molecule is c1ccc(-c2ccc3cc(-c4cc(-c5cc(-c6ccc7ccccc7c6)cc(-c6ccc7oc8ccccc8c7c6)c5)nc(-c5ccccc5)n4)ccc3c2)cc1. The van der Waals surface area contributed by atoms with Crippen LogP contribution in [0, 0.1) is 0 Å². The van der Waals surface area contributed by atoms with Gasteiger partial charge in [0.1, 0.15) is 11.2 Å². The number of fused-ring (bicyclic) bond motifs is 5. The highest BCUT2D eigenvalue weighted by molar-refractivity contribution is 6.06. The van der Waals surface area contributed by atoms with Crippen LogP contribution in [-0.2, 0) is 0 Å². The summed E-state index contributed by atoms with van der Waals surface area (Å²) < 4.78 is 6.22. The van der Waals surface area contributed by atoms with E-state index in [4.69, 9.17) is 14.4 Å². The van der Waals surface area contributed by atoms with Crippen LogP contribution in [0.25, 0.3) is 111 Å². The standard InChI is InChI=1S/C54H34N2O/c1-3-11-35(12-4-1)39-21-22-41-29-44(24-23-40(41)28-39)50-34-51(56-54(55-50)37-14-5-2-6-15-37)47-31-45(42-20-19-36-13-7-8-16-38(36)27-42)30-46(32-47)43-25-26-53-49(33-43)48-17-9-10-18-52(48)57-53/h1-34H. The van der Waals surface area contributed by atoms with E-state index in [0.717, 1.165) is 77.7 Å². The van der Waals surface area contributed by atoms with Crippen LogP contribution in [-0.4, -0.2) is 9.97 Å². The molecule has 0 N–H and O–H groups in total. The predicted molar refractivity (Wildman–Crippen MR) is 237 cm³/mol. The largest absolute Gasteiger partial charge is 0.456 e. The molecule has 0 spiro atoms. The Bertz CT molecular complexity index is 3290. The summed E-state index contributed by atoms with van der Waals surface area (Å²) in [5.41, 5.74) is 13.4. The van der Waals surface area contributed by atoms with E-state index >= 15 is 0 Å². The Hall–Kier alpha value is -7.62. The third-order valence-corrected chi connectivity index (χ3v) is 11.0. The molecule has 2 heterocycles. The van der Waals surface area contributed by atoms with E-state index in [0.29, 0.717) is 5.82 Å². The van der Waals surface area contributed by atoms with Gasteiger partial charge in [0, 0.05) is 27.5 Å². The first-order valence-electron chi connectivity index (χ1n) is 19.3. The summed E-state index contributed by atoms with van der Waals surface area (Å²) in [6.07, 6.45) is 0. The summed E-state index contributed by atoms with van der Waals surface area (Å²) in [5, 5.41) is 6.98. The summed E-state index contributed by atoms with van der Waals surface area (Å²) >= 11 is 0. The van der Waals surface area contributed by atoms with Gasteiger partial charge in [-0.15, -0.1) is 0 Å². The third-order valence-electron chi connectivity index (χ3n) is 11.0. The lowest BCUT2D eigenvalue weighted by molar-refractivity contribution is 0.669. The fourth-order valence-corrected chi connectivity index (χ4v) is 8.06. The van der Waals surface area contributed by atoms with E-state index in [9.17, 15) is 0 Å². The van der Waals surface area contributed by atoms with Gasteiger partial charge in [0.05, 0.1) is 11.4 Å². The van der Waals surface area contributed by atoms with E-state index in [1.54, 1.807) is 0 Å². The van der Waals surface area contributed by atoms with Gasteiger partial charge in [-0.05, 0) is 116 Å². The first-order valence-corrected chi connectivity index (χ1v) is 19.3. The van der Waals surface area contributed by atoms with Crippen molar-refractivity contribution in [3.63, 3.8) is 0 Å². The Kier molecular flexibility index (Phi) is 7.82. The lowest BCUT2D eigenvalue weighted by atomic mass is 9.93. The fraction of sp³-hybridized carbons (Fsp3) is 0. The first-order chi connectivity index (χ1) is 28.2. The maximum absolute atomic E-state index is 6.22. The smallest absolute Gasteiger partial charge is 0.160 e. The molecule has 266 valence electrons. The van der Waals surface area contributed by atoms with Gasteiger partial charge in [-0.25, -0.2) is 9.97 Å². The Morgan fingerprint density at radius 1 is 0.263 bits per heavy atom. The highest BCUT2D eigenvalue weighted by atomic mass is 16.3. The van der Waals surface area contributed by atoms with E-state index < -0.39 is 0 Å². The molecule has 9 aromatic carbocycles. The van der Waals surface area contributed by atoms with Gasteiger partial charge in [-0.3, -0.25) is 0 Å². The maximum atomic E-state index is 6.22. The molecule has 0 aliphatic heterocycles. The number of nitrogens with zero attached hydrogens (tertiary/aromatic N) is 2. The third kappa shape index (κ3) is 6.12. The molecule has 0 saturated carbocycles. The van der Waals surface area contributed by atoms with Crippen molar-refractivity contribution in [3.05, 3.63) is 206 Å². The van der Waals surface area contributed by atoms with Crippen LogP contribution in [0.15, 0.2) is 211 Å². The average molecular weight is 727 g/mol. The molecule has 0 aliphatic carbocycles. The van der Waals surface area contributed by atoms with Gasteiger partial charge in [-0.2, -0.15) is 0 Å². The minimum absolute atomic E-state index is 0.687. The van der Waals surface area contributed by atoms with E-state index in [1.165, 1.54) is 27.3 Å². The van der Waals surface area contributed by atoms with E-state index in [1.807, 2.05) is 30.3 Å². The Labute approximate surface area is 330 Å². The highest BCUT2D eigenvalue weighted by Crippen LogP contribution is 2.38. The second kappa shape index (κ2) is 13.6. The molecule has 0 unspecified atom stereocenters. The quantitative estimate of drug-likeness (QED) is 0.171. The van der Waals surface area contributed by atoms with Crippen molar-refractivity contribution in [1.82, 2.24) is 9.97 Å². The molecule has 0 aliphatic rings. The van der Waals surface area contributed by atoms with Crippen molar-refractivity contribution in [2.24, 2.45) is 0 Å². The highest BCUT2D eigenvalue weighted by Gasteiger charge is 2.16. The number of hydrogen-bond donors (Lipinski definition) is 0. The van der Waals surface area contributed by atoms with Crippen molar-refractivity contribution < 1.29 is 4.42 Å². The molecule has 3 nitrogen and oxygen atoms in total. The molecule has 0 amide bonds. The van der Waals surface area contributed by atoms with Crippen molar-refractivity contribution >= 4 is 43.5 Å². The second-order valence-corrected chi connectivity index (χ2v) is 14.6. The summed E-state index contributed by atoms with van der Waals surface area (Å²) in [6.45, 7) is 0. The molecule has 0 fully saturated rings. The van der Waals surface area contributed by atoms with E-state index in [2.05, 4.69) is 176 Å². The number of rotatable bonds is 6. The zero-order valence-electron chi connectivity index (χ0n) is 30.9. The summed E-state index contributed by atoms with van der Waals surface area (Å²) in [4.78, 5) is 10.5. The van der Waals surface area contributed by atoms with Gasteiger partial charge in [0.2, 0.25) is 0 Å². The number of hydrogen-bond acceptors (Lipinski definition) is 3. The van der Waals surface area contributed by atoms with Crippen LogP contribution in [0.3, 0.4) is 0 Å². The fourth-order valence-electron chi connectivity index (χ4n) is 8.06. The minimum Gasteiger partial charge on any atom is -0.456 e. The lowest BCUT2D eigenvalue weighted by Gasteiger charge is -2.14. The summed E-state index contributed by atoms with van der Waals surface area (Å²) in [6, 6.07) is 73.0. The Balaban J connectivity index is 1.10. The van der Waals surface area contributed by atoms with Crippen LogP contribution >= 0.6 is 0 Å². The second-order valence-electron chi connectivity index (χ2n) is 14.6. The first kappa shape index (κ1) is 32.8. The lowest BCUT2D eigenvalue weighted by Crippen LogP contribution is -1.96. The van der Waals surface area contributed by atoms with Crippen molar-refractivity contribution in [3.8, 4) is 67.3 Å². The number of para-hydroxylation sites is 1. The van der Waals surface area contributed by atoms with Gasteiger partial charge in [-0.1, -0.05) is 146 Å². The molecule has 2 aromatic heterocycles. The molecule has 0 radical (unpaired) electrons. The Morgan fingerprint density at radius 3 is 1.51 bits per heavy atom. The zero-order chi connectivity index (χ0) is 37.7. The molecule has 0 atom stereocenters. The average Bonchev–Trinajstić information content (AvgIpc) is 3.67. The van der Waals surface area contributed by atoms with Gasteiger partial charge >= 0.3 is 0 Å². The van der Waals surface area contributed by atoms with Crippen LogP contribution in [0.5, 0.6) is 0 Å². The predicted octanol–water partition coefficient (Wildman–Crippen LogP) is 14.7. The van der Waals surface area contributed by atoms with Gasteiger partial charge in [0.15, 0.2) is 5.82 Å². The molecule has 3 heteroatoms. The molecule has 11 aromatic rings. The number of furan rings is 1. The van der Waals surface area contributed by atoms with Crippen LogP contribution in [0.1, 0.15) is 0 Å². The van der Waals surface area contributed by atoms with E-state index in [-0.39, 0.29) is 0 Å². The molecule has 0 saturated heterocycles. The minimum atomic E-state index is 0.687. The van der Waals surface area contributed by atoms with Crippen molar-refractivity contribution in [2.75, 3.05) is 0 Å². The summed E-state index contributed by atoms with van der Waals surface area (Å²) in [7, 11) is 0. The van der Waals surface area contributed by atoms with Crippen LogP contribution in [0.4, 0.5) is 0 Å². The van der Waals surface area contributed by atoms with Crippen LogP contribution < -0.4 is 0 Å². The molecular formula is C54H34N2O. The van der Waals surface area contributed by atoms with Crippen molar-refractivity contribution in [1.29, 1.82) is 0 Å². The van der Waals surface area contributed by atoms with Crippen molar-refractivity contribution in [2.45, 2.75) is 0 Å². The normalized spacial score (nSPS) is 11.5. The topological polar surface area (TPSA) is 38.9 Å². The zero-order valence-corrected chi connectivity index (χ0v) is 30.9. The van der Waals surface area contributed by atoms with Crippen LogP contribution in [0.2, 0.25) is 0 Å². The maximum Gasteiger partial charge on any atom is 0.160 e. The monoisotopic (exact) mass is 726 g/mol. The molecule has 11 rings (SSSR count). The number of aromatic nitrogens is 2. The van der Waals surface area contributed by atoms with Gasteiger partial charge in [0.25, 0.3) is 0 Å². The number of benzene rings is 9. The van der Waals surface area contributed by atoms with Gasteiger partial charge < -0.3 is 4.42 Å². The molecular weight excluding hydrogens is 693 g/mol. The Morgan fingerprint density at radius 2 is 0.754 bits per heavy atom. The molecule has 0 bridgehead atoms. The molecule has 57 heavy (non-hydrogen) atoms. The summed E-state index contributed by atoms with van der Waals surface area (Å²) in [5.74, 6) is 0.687.